The summed E-state index contributed by atoms with van der Waals surface area (Å²) in [7, 11) is 3.72. The summed E-state index contributed by atoms with van der Waals surface area (Å²) >= 11 is 0. The molecule has 1 saturated carbocycles. The second-order valence-electron chi connectivity index (χ2n) is 7.79. The Labute approximate surface area is 131 Å². The lowest BCUT2D eigenvalue weighted by Gasteiger charge is -2.28. The van der Waals surface area contributed by atoms with Crippen LogP contribution in [-0.2, 0) is 4.79 Å². The second-order valence-corrected chi connectivity index (χ2v) is 7.79. The Morgan fingerprint density at radius 3 is 2.29 bits per heavy atom. The third-order valence-electron chi connectivity index (χ3n) is 4.84. The first-order chi connectivity index (χ1) is 9.81. The van der Waals surface area contributed by atoms with Gasteiger partial charge in [0.2, 0.25) is 5.91 Å². The van der Waals surface area contributed by atoms with E-state index < -0.39 is 0 Å². The number of hydrogen-bond donors (Lipinski definition) is 1. The molecule has 1 aliphatic carbocycles. The van der Waals surface area contributed by atoms with E-state index in [1.165, 1.54) is 32.1 Å². The van der Waals surface area contributed by atoms with E-state index in [4.69, 9.17) is 0 Å². The quantitative estimate of drug-likeness (QED) is 0.758. The molecule has 1 fully saturated rings. The molecule has 1 amide bonds. The molecule has 1 rings (SSSR count). The van der Waals surface area contributed by atoms with Gasteiger partial charge in [-0.1, -0.05) is 40.5 Å². The van der Waals surface area contributed by atoms with Gasteiger partial charge in [0, 0.05) is 20.1 Å². The normalized spacial score (nSPS) is 25.0. The molecular formula is C18H36N2O. The Bertz CT molecular complexity index is 312. The molecule has 3 nitrogen and oxygen atoms in total. The maximum atomic E-state index is 12.4. The minimum atomic E-state index is -0.0133. The Balaban J connectivity index is 2.59. The average Bonchev–Trinajstić information content (AvgIpc) is 2.62. The van der Waals surface area contributed by atoms with Crippen molar-refractivity contribution in [2.24, 2.45) is 17.8 Å². The molecule has 0 aromatic rings. The average molecular weight is 296 g/mol. The second kappa shape index (κ2) is 8.77. The first kappa shape index (κ1) is 18.5. The molecule has 1 N–H and O–H groups in total. The zero-order valence-corrected chi connectivity index (χ0v) is 15.0. The van der Waals surface area contributed by atoms with Crippen LogP contribution >= 0.6 is 0 Å². The van der Waals surface area contributed by atoms with Gasteiger partial charge in [-0.2, -0.15) is 0 Å². The number of likely N-dealkylation sites (N-methyl/N-ethyl adjacent to an activating group) is 1. The van der Waals surface area contributed by atoms with Crippen LogP contribution in [0.15, 0.2) is 0 Å². The summed E-state index contributed by atoms with van der Waals surface area (Å²) in [4.78, 5) is 14.1. The van der Waals surface area contributed by atoms with Crippen molar-refractivity contribution >= 4 is 5.91 Å². The SMILES string of the molecule is CC(C)CC(NC1CCCC(C(C)C)CC1)C(=O)N(C)C. The van der Waals surface area contributed by atoms with E-state index in [0.717, 1.165) is 18.3 Å². The summed E-state index contributed by atoms with van der Waals surface area (Å²) in [6.45, 7) is 9.07. The van der Waals surface area contributed by atoms with Gasteiger partial charge in [0.1, 0.15) is 0 Å². The van der Waals surface area contributed by atoms with Crippen molar-refractivity contribution in [3.8, 4) is 0 Å². The molecule has 3 atom stereocenters. The minimum Gasteiger partial charge on any atom is -0.347 e. The number of hydrogen-bond acceptors (Lipinski definition) is 2. The lowest BCUT2D eigenvalue weighted by molar-refractivity contribution is -0.131. The topological polar surface area (TPSA) is 32.3 Å². The maximum Gasteiger partial charge on any atom is 0.239 e. The zero-order chi connectivity index (χ0) is 16.0. The molecule has 21 heavy (non-hydrogen) atoms. The molecule has 0 radical (unpaired) electrons. The van der Waals surface area contributed by atoms with Crippen molar-refractivity contribution in [3.05, 3.63) is 0 Å². The van der Waals surface area contributed by atoms with Gasteiger partial charge in [-0.3, -0.25) is 4.79 Å². The third kappa shape index (κ3) is 6.37. The van der Waals surface area contributed by atoms with Crippen LogP contribution in [0.3, 0.4) is 0 Å². The van der Waals surface area contributed by atoms with Crippen molar-refractivity contribution in [2.45, 2.75) is 78.3 Å². The highest BCUT2D eigenvalue weighted by molar-refractivity contribution is 5.81. The summed E-state index contributed by atoms with van der Waals surface area (Å²) in [5, 5.41) is 3.68. The Hall–Kier alpha value is -0.570. The van der Waals surface area contributed by atoms with Crippen LogP contribution in [0.2, 0.25) is 0 Å². The summed E-state index contributed by atoms with van der Waals surface area (Å²) in [6.07, 6.45) is 7.33. The lowest BCUT2D eigenvalue weighted by atomic mass is 9.89. The Morgan fingerprint density at radius 1 is 1.10 bits per heavy atom. The number of nitrogens with zero attached hydrogens (tertiary/aromatic N) is 1. The number of amides is 1. The van der Waals surface area contributed by atoms with E-state index in [1.54, 1.807) is 4.90 Å². The van der Waals surface area contributed by atoms with Gasteiger partial charge in [0.05, 0.1) is 6.04 Å². The molecule has 124 valence electrons. The van der Waals surface area contributed by atoms with E-state index in [1.807, 2.05) is 14.1 Å². The van der Waals surface area contributed by atoms with Crippen molar-refractivity contribution in [2.75, 3.05) is 14.1 Å². The van der Waals surface area contributed by atoms with E-state index in [2.05, 4.69) is 33.0 Å². The fourth-order valence-corrected chi connectivity index (χ4v) is 3.47. The molecule has 1 aliphatic rings. The van der Waals surface area contributed by atoms with Crippen LogP contribution in [0, 0.1) is 17.8 Å². The van der Waals surface area contributed by atoms with Crippen molar-refractivity contribution in [1.29, 1.82) is 0 Å². The summed E-state index contributed by atoms with van der Waals surface area (Å²) in [5.74, 6) is 2.43. The minimum absolute atomic E-state index is 0.0133. The predicted molar refractivity (Wildman–Crippen MR) is 90.3 cm³/mol. The molecule has 0 spiro atoms. The fraction of sp³-hybridized carbons (Fsp3) is 0.944. The standard InChI is InChI=1S/C18H36N2O/c1-13(2)12-17(18(21)20(5)6)19-16-9-7-8-15(10-11-16)14(3)4/h13-17,19H,7-12H2,1-6H3. The Morgan fingerprint density at radius 2 is 1.76 bits per heavy atom. The molecule has 0 bridgehead atoms. The van der Waals surface area contributed by atoms with E-state index >= 15 is 0 Å². The number of carbonyl (C=O) groups excluding carboxylic acids is 1. The van der Waals surface area contributed by atoms with Crippen LogP contribution in [0.25, 0.3) is 0 Å². The van der Waals surface area contributed by atoms with Crippen LogP contribution < -0.4 is 5.32 Å². The monoisotopic (exact) mass is 296 g/mol. The molecular weight excluding hydrogens is 260 g/mol. The highest BCUT2D eigenvalue weighted by Gasteiger charge is 2.27. The van der Waals surface area contributed by atoms with E-state index in [9.17, 15) is 4.79 Å². The van der Waals surface area contributed by atoms with Gasteiger partial charge < -0.3 is 10.2 Å². The number of carbonyl (C=O) groups is 1. The molecule has 0 aliphatic heterocycles. The Kier molecular flexibility index (Phi) is 7.72. The van der Waals surface area contributed by atoms with Gasteiger partial charge in [0.15, 0.2) is 0 Å². The lowest BCUT2D eigenvalue weighted by Crippen LogP contribution is -2.48. The fourth-order valence-electron chi connectivity index (χ4n) is 3.47. The van der Waals surface area contributed by atoms with Crippen molar-refractivity contribution in [1.82, 2.24) is 10.2 Å². The molecule has 0 heterocycles. The first-order valence-corrected chi connectivity index (χ1v) is 8.78. The van der Waals surface area contributed by atoms with Crippen molar-refractivity contribution < 1.29 is 4.79 Å². The zero-order valence-electron chi connectivity index (χ0n) is 15.0. The van der Waals surface area contributed by atoms with Gasteiger partial charge in [-0.15, -0.1) is 0 Å². The van der Waals surface area contributed by atoms with Crippen LogP contribution in [0.4, 0.5) is 0 Å². The van der Waals surface area contributed by atoms with Gasteiger partial charge >= 0.3 is 0 Å². The van der Waals surface area contributed by atoms with E-state index in [-0.39, 0.29) is 11.9 Å². The number of nitrogens with one attached hydrogen (secondary N) is 1. The van der Waals surface area contributed by atoms with Crippen LogP contribution in [0.1, 0.15) is 66.2 Å². The summed E-state index contributed by atoms with van der Waals surface area (Å²) in [6, 6.07) is 0.502. The molecule has 0 aromatic carbocycles. The maximum absolute atomic E-state index is 12.4. The van der Waals surface area contributed by atoms with Crippen LogP contribution in [0.5, 0.6) is 0 Å². The van der Waals surface area contributed by atoms with E-state index in [0.29, 0.717) is 12.0 Å². The summed E-state index contributed by atoms with van der Waals surface area (Å²) in [5.41, 5.74) is 0. The molecule has 3 unspecified atom stereocenters. The molecule has 0 saturated heterocycles. The smallest absolute Gasteiger partial charge is 0.239 e. The predicted octanol–water partition coefficient (Wildman–Crippen LogP) is 3.68. The van der Waals surface area contributed by atoms with Gasteiger partial charge in [-0.05, 0) is 43.4 Å². The molecule has 0 aromatic heterocycles. The first-order valence-electron chi connectivity index (χ1n) is 8.78. The third-order valence-corrected chi connectivity index (χ3v) is 4.84. The van der Waals surface area contributed by atoms with Crippen molar-refractivity contribution in [3.63, 3.8) is 0 Å². The highest BCUT2D eigenvalue weighted by Crippen LogP contribution is 2.29. The highest BCUT2D eigenvalue weighted by atomic mass is 16.2. The summed E-state index contributed by atoms with van der Waals surface area (Å²) < 4.78 is 0. The molecule has 3 heteroatoms. The largest absolute Gasteiger partial charge is 0.347 e. The number of rotatable bonds is 6. The van der Waals surface area contributed by atoms with Crippen LogP contribution in [-0.4, -0.2) is 37.0 Å². The van der Waals surface area contributed by atoms with Gasteiger partial charge in [-0.25, -0.2) is 0 Å². The van der Waals surface area contributed by atoms with Gasteiger partial charge in [0.25, 0.3) is 0 Å².